The number of nitrogens with zero attached hydrogens (tertiary/aromatic N) is 2. The van der Waals surface area contributed by atoms with Crippen molar-refractivity contribution < 1.29 is 13.9 Å². The first-order valence-electron chi connectivity index (χ1n) is 7.70. The molecule has 0 saturated carbocycles. The van der Waals surface area contributed by atoms with Crippen LogP contribution in [0.4, 0.5) is 0 Å². The van der Waals surface area contributed by atoms with Crippen LogP contribution in [-0.4, -0.2) is 48.7 Å². The second-order valence-corrected chi connectivity index (χ2v) is 6.70. The lowest BCUT2D eigenvalue weighted by molar-refractivity contribution is 0.289. The topological polar surface area (TPSA) is 47.7 Å². The van der Waals surface area contributed by atoms with Gasteiger partial charge in [0, 0.05) is 36.7 Å². The van der Waals surface area contributed by atoms with Crippen molar-refractivity contribution in [3.63, 3.8) is 0 Å². The molecule has 2 heterocycles. The fraction of sp³-hybridized carbons (Fsp3) is 0.471. The van der Waals surface area contributed by atoms with Crippen molar-refractivity contribution in [2.75, 3.05) is 38.8 Å². The number of methoxy groups -OCH3 is 2. The highest BCUT2D eigenvalue weighted by Crippen LogP contribution is 2.32. The van der Waals surface area contributed by atoms with Gasteiger partial charge in [-0.25, -0.2) is 4.98 Å². The number of hydrogen-bond acceptors (Lipinski definition) is 6. The van der Waals surface area contributed by atoms with Gasteiger partial charge >= 0.3 is 0 Å². The Bertz CT molecular complexity index is 666. The van der Waals surface area contributed by atoms with Gasteiger partial charge in [0.1, 0.15) is 5.76 Å². The molecule has 0 aliphatic carbocycles. The Morgan fingerprint density at radius 1 is 1.17 bits per heavy atom. The lowest BCUT2D eigenvalue weighted by Gasteiger charge is -2.25. The molecule has 0 radical (unpaired) electrons. The van der Waals surface area contributed by atoms with Gasteiger partial charge in [0.15, 0.2) is 11.5 Å². The van der Waals surface area contributed by atoms with Crippen LogP contribution < -0.4 is 9.47 Å². The Hall–Kier alpha value is -1.66. The largest absolute Gasteiger partial charge is 0.493 e. The molecule has 3 rings (SSSR count). The van der Waals surface area contributed by atoms with Crippen molar-refractivity contribution in [1.82, 2.24) is 9.88 Å². The molecule has 1 aliphatic rings. The summed E-state index contributed by atoms with van der Waals surface area (Å²) in [7, 11) is 3.25. The zero-order valence-electron chi connectivity index (χ0n) is 13.8. The highest BCUT2D eigenvalue weighted by Gasteiger charge is 2.17. The van der Waals surface area contributed by atoms with E-state index in [-0.39, 0.29) is 0 Å². The zero-order chi connectivity index (χ0) is 16.2. The number of thioether (sulfide) groups is 1. The van der Waals surface area contributed by atoms with Crippen LogP contribution in [0, 0.1) is 6.92 Å². The number of ether oxygens (including phenoxy) is 2. The van der Waals surface area contributed by atoms with Gasteiger partial charge in [-0.2, -0.15) is 11.8 Å². The minimum atomic E-state index is 0.629. The van der Waals surface area contributed by atoms with Gasteiger partial charge in [0.25, 0.3) is 0 Å². The van der Waals surface area contributed by atoms with Crippen LogP contribution in [-0.2, 0) is 6.54 Å². The van der Waals surface area contributed by atoms with Crippen LogP contribution in [0.2, 0.25) is 0 Å². The molecular formula is C17H22N2O3S. The van der Waals surface area contributed by atoms with E-state index < -0.39 is 0 Å². The molecule has 124 valence electrons. The number of benzene rings is 1. The standard InChI is InChI=1S/C17H22N2O3S/c1-12-14(11-19-6-8-23-9-7-19)18-17(22-12)13-4-5-15(20-2)16(10-13)21-3/h4-5,10H,6-9,11H2,1-3H3. The summed E-state index contributed by atoms with van der Waals surface area (Å²) >= 11 is 2.01. The maximum atomic E-state index is 5.88. The van der Waals surface area contributed by atoms with Crippen molar-refractivity contribution in [3.8, 4) is 23.0 Å². The Kier molecular flexibility index (Phi) is 5.13. The smallest absolute Gasteiger partial charge is 0.226 e. The summed E-state index contributed by atoms with van der Waals surface area (Å²) in [6.45, 7) is 5.06. The van der Waals surface area contributed by atoms with Crippen LogP contribution in [0.5, 0.6) is 11.5 Å². The molecular weight excluding hydrogens is 312 g/mol. The number of oxazole rings is 1. The number of hydrogen-bond donors (Lipinski definition) is 0. The molecule has 1 aromatic heterocycles. The molecule has 0 amide bonds. The van der Waals surface area contributed by atoms with Crippen molar-refractivity contribution in [2.24, 2.45) is 0 Å². The molecule has 2 aromatic rings. The van der Waals surface area contributed by atoms with Crippen LogP contribution in [0.3, 0.4) is 0 Å². The van der Waals surface area contributed by atoms with Gasteiger partial charge in [0.2, 0.25) is 5.89 Å². The fourth-order valence-corrected chi connectivity index (χ4v) is 3.62. The summed E-state index contributed by atoms with van der Waals surface area (Å²) in [5, 5.41) is 0. The quantitative estimate of drug-likeness (QED) is 0.837. The summed E-state index contributed by atoms with van der Waals surface area (Å²) in [6, 6.07) is 5.70. The van der Waals surface area contributed by atoms with E-state index in [2.05, 4.69) is 4.90 Å². The third-order valence-electron chi connectivity index (χ3n) is 4.00. The SMILES string of the molecule is COc1ccc(-c2nc(CN3CCSCC3)c(C)o2)cc1OC. The van der Waals surface area contributed by atoms with Gasteiger partial charge in [-0.15, -0.1) is 0 Å². The van der Waals surface area contributed by atoms with Crippen molar-refractivity contribution >= 4 is 11.8 Å². The maximum Gasteiger partial charge on any atom is 0.226 e. The van der Waals surface area contributed by atoms with E-state index in [0.29, 0.717) is 17.4 Å². The van der Waals surface area contributed by atoms with E-state index in [9.17, 15) is 0 Å². The first-order chi connectivity index (χ1) is 11.2. The molecule has 1 fully saturated rings. The Balaban J connectivity index is 1.82. The monoisotopic (exact) mass is 334 g/mol. The average Bonchev–Trinajstić information content (AvgIpc) is 2.96. The third kappa shape index (κ3) is 3.64. The van der Waals surface area contributed by atoms with Crippen molar-refractivity contribution in [2.45, 2.75) is 13.5 Å². The van der Waals surface area contributed by atoms with Gasteiger partial charge in [-0.05, 0) is 25.1 Å². The number of aromatic nitrogens is 1. The zero-order valence-corrected chi connectivity index (χ0v) is 14.6. The normalized spacial score (nSPS) is 15.6. The molecule has 1 aromatic carbocycles. The van der Waals surface area contributed by atoms with Crippen LogP contribution in [0.25, 0.3) is 11.5 Å². The summed E-state index contributed by atoms with van der Waals surface area (Å²) < 4.78 is 16.5. The second kappa shape index (κ2) is 7.27. The molecule has 23 heavy (non-hydrogen) atoms. The lowest BCUT2D eigenvalue weighted by Crippen LogP contribution is -2.32. The highest BCUT2D eigenvalue weighted by atomic mass is 32.2. The van der Waals surface area contributed by atoms with E-state index in [1.165, 1.54) is 11.5 Å². The summed E-state index contributed by atoms with van der Waals surface area (Å²) in [5.74, 6) is 5.28. The molecule has 5 nitrogen and oxygen atoms in total. The molecule has 1 aliphatic heterocycles. The average molecular weight is 334 g/mol. The molecule has 0 bridgehead atoms. The summed E-state index contributed by atoms with van der Waals surface area (Å²) in [6.07, 6.45) is 0. The predicted octanol–water partition coefficient (Wildman–Crippen LogP) is 3.22. The second-order valence-electron chi connectivity index (χ2n) is 5.48. The van der Waals surface area contributed by atoms with E-state index in [1.807, 2.05) is 36.9 Å². The van der Waals surface area contributed by atoms with Gasteiger partial charge in [-0.1, -0.05) is 0 Å². The first-order valence-corrected chi connectivity index (χ1v) is 8.85. The molecule has 0 spiro atoms. The Morgan fingerprint density at radius 3 is 2.61 bits per heavy atom. The number of rotatable bonds is 5. The summed E-state index contributed by atoms with van der Waals surface area (Å²) in [4.78, 5) is 7.12. The third-order valence-corrected chi connectivity index (χ3v) is 4.94. The Labute approximate surface area is 141 Å². The number of aryl methyl sites for hydroxylation is 1. The van der Waals surface area contributed by atoms with Crippen LogP contribution in [0.15, 0.2) is 22.6 Å². The van der Waals surface area contributed by atoms with E-state index in [4.69, 9.17) is 18.9 Å². The minimum Gasteiger partial charge on any atom is -0.493 e. The van der Waals surface area contributed by atoms with Crippen LogP contribution in [0.1, 0.15) is 11.5 Å². The van der Waals surface area contributed by atoms with E-state index in [1.54, 1.807) is 14.2 Å². The minimum absolute atomic E-state index is 0.629. The molecule has 0 unspecified atom stereocenters. The maximum absolute atomic E-state index is 5.88. The molecule has 0 atom stereocenters. The first kappa shape index (κ1) is 16.2. The van der Waals surface area contributed by atoms with Crippen LogP contribution >= 0.6 is 11.8 Å². The van der Waals surface area contributed by atoms with Gasteiger partial charge in [0.05, 0.1) is 19.9 Å². The molecule has 1 saturated heterocycles. The van der Waals surface area contributed by atoms with Crippen molar-refractivity contribution in [3.05, 3.63) is 29.7 Å². The van der Waals surface area contributed by atoms with E-state index >= 15 is 0 Å². The van der Waals surface area contributed by atoms with Gasteiger partial charge in [-0.3, -0.25) is 4.90 Å². The van der Waals surface area contributed by atoms with E-state index in [0.717, 1.165) is 36.7 Å². The van der Waals surface area contributed by atoms with Gasteiger partial charge < -0.3 is 13.9 Å². The molecule has 0 N–H and O–H groups in total. The highest BCUT2D eigenvalue weighted by molar-refractivity contribution is 7.99. The lowest BCUT2D eigenvalue weighted by atomic mass is 10.2. The predicted molar refractivity (Wildman–Crippen MR) is 92.4 cm³/mol. The Morgan fingerprint density at radius 2 is 1.91 bits per heavy atom. The fourth-order valence-electron chi connectivity index (χ4n) is 2.64. The molecule has 6 heteroatoms. The summed E-state index contributed by atoms with van der Waals surface area (Å²) in [5.41, 5.74) is 1.91. The van der Waals surface area contributed by atoms with Crippen molar-refractivity contribution in [1.29, 1.82) is 0 Å².